The van der Waals surface area contributed by atoms with E-state index in [4.69, 9.17) is 3.79 Å². The van der Waals surface area contributed by atoms with Crippen LogP contribution >= 0.6 is 0 Å². The molecule has 0 unspecified atom stereocenters. The standard InChI is InChI=1S/C8H16O2.2C2H5.Al/c1-2-3-4-5-6-7-8(9)10;2*1-2;/h2-7H2,1H3,(H,9,10);2*1H2,2H3;/q;;;+1/p-1. The topological polar surface area (TPSA) is 26.3 Å². The molecule has 0 amide bonds. The molecule has 0 heterocycles. The number of rotatable bonds is 9. The van der Waals surface area contributed by atoms with Crippen molar-refractivity contribution in [3.63, 3.8) is 0 Å². The summed E-state index contributed by atoms with van der Waals surface area (Å²) in [5.74, 6) is 0.0480. The molecule has 0 aliphatic rings. The van der Waals surface area contributed by atoms with Gasteiger partial charge in [0.1, 0.15) is 0 Å². The number of hydrogen-bond acceptors (Lipinski definition) is 2. The van der Waals surface area contributed by atoms with Crippen LogP contribution in [0.4, 0.5) is 0 Å². The lowest BCUT2D eigenvalue weighted by molar-refractivity contribution is -0.134. The van der Waals surface area contributed by atoms with Crippen LogP contribution in [-0.4, -0.2) is 20.5 Å². The monoisotopic (exact) mass is 228 g/mol. The van der Waals surface area contributed by atoms with Crippen LogP contribution in [0.5, 0.6) is 0 Å². The zero-order chi connectivity index (χ0) is 11.5. The van der Waals surface area contributed by atoms with Crippen LogP contribution < -0.4 is 0 Å². The van der Waals surface area contributed by atoms with E-state index >= 15 is 0 Å². The molecule has 3 heteroatoms. The fraction of sp³-hybridized carbons (Fsp3) is 0.917. The van der Waals surface area contributed by atoms with Gasteiger partial charge < -0.3 is 3.79 Å². The second-order valence-electron chi connectivity index (χ2n) is 4.09. The summed E-state index contributed by atoms with van der Waals surface area (Å²) in [6.07, 6.45) is 6.61. The molecule has 15 heavy (non-hydrogen) atoms. The first-order valence-corrected chi connectivity index (χ1v) is 8.54. The normalized spacial score (nSPS) is 10.1. The zero-order valence-electron chi connectivity index (χ0n) is 10.6. The maximum absolute atomic E-state index is 11.4. The van der Waals surface area contributed by atoms with Gasteiger partial charge in [0.25, 0.3) is 5.97 Å². The third kappa shape index (κ3) is 8.96. The van der Waals surface area contributed by atoms with Crippen molar-refractivity contribution in [1.29, 1.82) is 0 Å². The van der Waals surface area contributed by atoms with Crippen LogP contribution in [-0.2, 0) is 8.58 Å². The predicted octanol–water partition coefficient (Wildman–Crippen LogP) is 3.92. The van der Waals surface area contributed by atoms with Gasteiger partial charge in [-0.3, -0.25) is 4.79 Å². The maximum atomic E-state index is 11.4. The van der Waals surface area contributed by atoms with E-state index in [2.05, 4.69) is 20.8 Å². The van der Waals surface area contributed by atoms with Gasteiger partial charge in [-0.2, -0.15) is 0 Å². The summed E-state index contributed by atoms with van der Waals surface area (Å²) in [4.78, 5) is 11.4. The predicted molar refractivity (Wildman–Crippen MR) is 66.2 cm³/mol. The fourth-order valence-electron chi connectivity index (χ4n) is 1.57. The van der Waals surface area contributed by atoms with Crippen LogP contribution in [0.3, 0.4) is 0 Å². The molecule has 0 atom stereocenters. The molecule has 0 saturated heterocycles. The molecule has 0 radical (unpaired) electrons. The Balaban J connectivity index is 3.40. The van der Waals surface area contributed by atoms with Gasteiger partial charge in [0.2, 0.25) is 0 Å². The number of unbranched alkanes of at least 4 members (excludes halogenated alkanes) is 4. The summed E-state index contributed by atoms with van der Waals surface area (Å²) in [5.41, 5.74) is 0. The molecule has 0 fully saturated rings. The summed E-state index contributed by atoms with van der Waals surface area (Å²) < 4.78 is 5.46. The van der Waals surface area contributed by atoms with E-state index in [0.717, 1.165) is 17.0 Å². The highest BCUT2D eigenvalue weighted by Crippen LogP contribution is 2.08. The van der Waals surface area contributed by atoms with E-state index in [1.54, 1.807) is 0 Å². The first-order valence-electron chi connectivity index (χ1n) is 6.44. The van der Waals surface area contributed by atoms with E-state index in [0.29, 0.717) is 6.42 Å². The van der Waals surface area contributed by atoms with E-state index in [1.807, 2.05) is 0 Å². The van der Waals surface area contributed by atoms with E-state index in [1.165, 1.54) is 25.7 Å². The molecule has 0 bridgehead atoms. The van der Waals surface area contributed by atoms with Gasteiger partial charge in [-0.05, 0) is 6.42 Å². The van der Waals surface area contributed by atoms with Gasteiger partial charge in [-0.15, -0.1) is 0 Å². The molecule has 88 valence electrons. The molecule has 0 aromatic heterocycles. The summed E-state index contributed by atoms with van der Waals surface area (Å²) in [7, 11) is 0. The van der Waals surface area contributed by atoms with Crippen molar-refractivity contribution in [2.75, 3.05) is 0 Å². The zero-order valence-corrected chi connectivity index (χ0v) is 11.7. The van der Waals surface area contributed by atoms with Crippen molar-refractivity contribution in [3.05, 3.63) is 0 Å². The number of hydrogen-bond donors (Lipinski definition) is 0. The molecule has 0 aliphatic heterocycles. The van der Waals surface area contributed by atoms with Gasteiger partial charge >= 0.3 is 14.5 Å². The Morgan fingerprint density at radius 2 is 1.60 bits per heavy atom. The van der Waals surface area contributed by atoms with Crippen LogP contribution in [0.2, 0.25) is 10.6 Å². The van der Waals surface area contributed by atoms with Crippen LogP contribution in [0, 0.1) is 0 Å². The molecule has 0 rings (SSSR count). The minimum Gasteiger partial charge on any atom is -0.616 e. The smallest absolute Gasteiger partial charge is 0.548 e. The molecule has 0 aliphatic carbocycles. The molecular formula is C12H25AlO2. The summed E-state index contributed by atoms with van der Waals surface area (Å²) in [6.45, 7) is 6.44. The molecule has 2 nitrogen and oxygen atoms in total. The molecule has 0 aromatic rings. The Hall–Kier alpha value is 0.00247. The first kappa shape index (κ1) is 15.0. The Morgan fingerprint density at radius 1 is 1.00 bits per heavy atom. The average Bonchev–Trinajstić information content (AvgIpc) is 2.25. The molecule has 0 N–H and O–H groups in total. The Kier molecular flexibility index (Phi) is 10.5. The van der Waals surface area contributed by atoms with Crippen LogP contribution in [0.25, 0.3) is 0 Å². The second-order valence-corrected chi connectivity index (χ2v) is 7.21. The lowest BCUT2D eigenvalue weighted by atomic mass is 10.1. The minimum atomic E-state index is -1.16. The third-order valence-corrected chi connectivity index (χ3v) is 5.11. The third-order valence-electron chi connectivity index (χ3n) is 2.69. The Morgan fingerprint density at radius 3 is 2.13 bits per heavy atom. The minimum absolute atomic E-state index is 0.0480. The van der Waals surface area contributed by atoms with Crippen molar-refractivity contribution >= 4 is 20.5 Å². The van der Waals surface area contributed by atoms with E-state index in [9.17, 15) is 4.79 Å². The lowest BCUT2D eigenvalue weighted by Gasteiger charge is -2.09. The van der Waals surface area contributed by atoms with E-state index in [-0.39, 0.29) is 5.97 Å². The lowest BCUT2D eigenvalue weighted by Crippen LogP contribution is -2.20. The van der Waals surface area contributed by atoms with Gasteiger partial charge in [0.15, 0.2) is 0 Å². The SMILES string of the molecule is CCCCCCCC(=O)[O][Al]([CH2]C)[CH2]C. The Bertz CT molecular complexity index is 156. The highest BCUT2D eigenvalue weighted by molar-refractivity contribution is 6.53. The van der Waals surface area contributed by atoms with Crippen molar-refractivity contribution < 1.29 is 8.58 Å². The van der Waals surface area contributed by atoms with Crippen molar-refractivity contribution in [3.8, 4) is 0 Å². The van der Waals surface area contributed by atoms with Gasteiger partial charge in [-0.1, -0.05) is 57.0 Å². The summed E-state index contributed by atoms with van der Waals surface area (Å²) >= 11 is -1.16. The van der Waals surface area contributed by atoms with Crippen molar-refractivity contribution in [2.45, 2.75) is 69.9 Å². The maximum Gasteiger partial charge on any atom is 0.548 e. The quantitative estimate of drug-likeness (QED) is 0.441. The highest BCUT2D eigenvalue weighted by atomic mass is 27.2. The molecule has 0 saturated carbocycles. The highest BCUT2D eigenvalue weighted by Gasteiger charge is 2.20. The summed E-state index contributed by atoms with van der Waals surface area (Å²) in [6, 6.07) is 0. The number of carbonyl (C=O) groups excluding carboxylic acids is 1. The van der Waals surface area contributed by atoms with Crippen LogP contribution in [0.1, 0.15) is 59.3 Å². The van der Waals surface area contributed by atoms with E-state index < -0.39 is 14.5 Å². The van der Waals surface area contributed by atoms with Gasteiger partial charge in [-0.25, -0.2) is 0 Å². The molecular weight excluding hydrogens is 203 g/mol. The Labute approximate surface area is 99.1 Å². The van der Waals surface area contributed by atoms with Gasteiger partial charge in [0.05, 0.1) is 0 Å². The summed E-state index contributed by atoms with van der Waals surface area (Å²) in [5, 5.41) is 2.14. The van der Waals surface area contributed by atoms with Gasteiger partial charge in [0, 0.05) is 6.42 Å². The van der Waals surface area contributed by atoms with Crippen LogP contribution in [0.15, 0.2) is 0 Å². The molecule has 0 spiro atoms. The van der Waals surface area contributed by atoms with Crippen molar-refractivity contribution in [1.82, 2.24) is 0 Å². The number of carbonyl (C=O) groups is 1. The first-order chi connectivity index (χ1) is 7.24. The molecule has 0 aromatic carbocycles. The average molecular weight is 228 g/mol. The second kappa shape index (κ2) is 10.5. The fourth-order valence-corrected chi connectivity index (χ4v) is 2.97. The largest absolute Gasteiger partial charge is 0.616 e. The van der Waals surface area contributed by atoms with Crippen molar-refractivity contribution in [2.24, 2.45) is 0 Å².